The normalized spacial score (nSPS) is 18.0. The fourth-order valence-corrected chi connectivity index (χ4v) is 3.28. The number of likely N-dealkylation sites (tertiary alicyclic amines) is 1. The predicted octanol–water partition coefficient (Wildman–Crippen LogP) is 2.65. The Morgan fingerprint density at radius 3 is 2.87 bits per heavy atom. The fraction of sp³-hybridized carbons (Fsp3) is 0.333. The molecule has 1 aliphatic rings. The van der Waals surface area contributed by atoms with Crippen LogP contribution in [0.15, 0.2) is 35.8 Å². The molecule has 1 aliphatic heterocycles. The maximum absolute atomic E-state index is 12.4. The van der Waals surface area contributed by atoms with Crippen LogP contribution in [-0.4, -0.2) is 33.3 Å². The molecule has 23 heavy (non-hydrogen) atoms. The van der Waals surface area contributed by atoms with E-state index in [1.165, 1.54) is 23.5 Å². The smallest absolute Gasteiger partial charge is 0.269 e. The van der Waals surface area contributed by atoms with E-state index >= 15 is 0 Å². The van der Waals surface area contributed by atoms with E-state index in [1.807, 2.05) is 5.38 Å². The molecule has 1 aromatic carbocycles. The second-order valence-corrected chi connectivity index (χ2v) is 6.27. The topological polar surface area (TPSA) is 88.4 Å². The quantitative estimate of drug-likeness (QED) is 0.672. The lowest BCUT2D eigenvalue weighted by Crippen LogP contribution is -2.39. The molecule has 1 amide bonds. The summed E-state index contributed by atoms with van der Waals surface area (Å²) in [5, 5.41) is 16.0. The number of rotatable bonds is 5. The third kappa shape index (κ3) is 3.72. The lowest BCUT2D eigenvalue weighted by atomic mass is 10.1. The van der Waals surface area contributed by atoms with Gasteiger partial charge in [0.05, 0.1) is 11.0 Å². The van der Waals surface area contributed by atoms with Gasteiger partial charge in [-0.05, 0) is 24.9 Å². The summed E-state index contributed by atoms with van der Waals surface area (Å²) in [4.78, 5) is 28.8. The Labute approximate surface area is 137 Å². The van der Waals surface area contributed by atoms with Gasteiger partial charge in [0.2, 0.25) is 5.91 Å². The number of carbonyl (C=O) groups is 1. The highest BCUT2D eigenvalue weighted by atomic mass is 32.1. The van der Waals surface area contributed by atoms with Gasteiger partial charge in [-0.2, -0.15) is 0 Å². The van der Waals surface area contributed by atoms with Crippen LogP contribution >= 0.6 is 11.3 Å². The van der Waals surface area contributed by atoms with Gasteiger partial charge < -0.3 is 5.32 Å². The summed E-state index contributed by atoms with van der Waals surface area (Å²) in [6.07, 6.45) is 3.43. The van der Waals surface area contributed by atoms with Gasteiger partial charge in [0.15, 0.2) is 5.13 Å². The number of anilines is 1. The van der Waals surface area contributed by atoms with Crippen molar-refractivity contribution in [2.45, 2.75) is 25.4 Å². The first-order valence-electron chi connectivity index (χ1n) is 7.31. The molecule has 120 valence electrons. The van der Waals surface area contributed by atoms with E-state index in [2.05, 4.69) is 15.2 Å². The zero-order valence-corrected chi connectivity index (χ0v) is 13.2. The van der Waals surface area contributed by atoms with Crippen molar-refractivity contribution >= 4 is 28.1 Å². The Morgan fingerprint density at radius 2 is 2.22 bits per heavy atom. The molecule has 0 radical (unpaired) electrons. The third-order valence-electron chi connectivity index (χ3n) is 3.86. The van der Waals surface area contributed by atoms with Crippen molar-refractivity contribution < 1.29 is 9.72 Å². The van der Waals surface area contributed by atoms with E-state index in [1.54, 1.807) is 18.3 Å². The van der Waals surface area contributed by atoms with Crippen LogP contribution in [-0.2, 0) is 11.3 Å². The summed E-state index contributed by atoms with van der Waals surface area (Å²) < 4.78 is 0. The molecule has 1 aromatic heterocycles. The van der Waals surface area contributed by atoms with Gasteiger partial charge in [0.1, 0.15) is 0 Å². The van der Waals surface area contributed by atoms with Gasteiger partial charge in [-0.3, -0.25) is 19.8 Å². The van der Waals surface area contributed by atoms with Crippen LogP contribution in [0.5, 0.6) is 0 Å². The van der Waals surface area contributed by atoms with E-state index in [4.69, 9.17) is 0 Å². The minimum Gasteiger partial charge on any atom is -0.301 e. The Morgan fingerprint density at radius 1 is 1.43 bits per heavy atom. The van der Waals surface area contributed by atoms with Crippen LogP contribution in [0.25, 0.3) is 0 Å². The molecule has 1 fully saturated rings. The number of nitro benzene ring substituents is 1. The van der Waals surface area contributed by atoms with Gasteiger partial charge in [0.25, 0.3) is 5.69 Å². The predicted molar refractivity (Wildman–Crippen MR) is 87.3 cm³/mol. The van der Waals surface area contributed by atoms with Crippen molar-refractivity contribution in [2.24, 2.45) is 0 Å². The molecule has 1 atom stereocenters. The minimum absolute atomic E-state index is 0.0423. The van der Waals surface area contributed by atoms with Crippen molar-refractivity contribution in [1.29, 1.82) is 0 Å². The van der Waals surface area contributed by atoms with Crippen LogP contribution < -0.4 is 5.32 Å². The van der Waals surface area contributed by atoms with Crippen LogP contribution in [0.1, 0.15) is 18.4 Å². The van der Waals surface area contributed by atoms with Gasteiger partial charge >= 0.3 is 0 Å². The van der Waals surface area contributed by atoms with Crippen molar-refractivity contribution in [1.82, 2.24) is 9.88 Å². The summed E-state index contributed by atoms with van der Waals surface area (Å²) in [5.41, 5.74) is 1.04. The summed E-state index contributed by atoms with van der Waals surface area (Å²) in [5.74, 6) is -0.0423. The van der Waals surface area contributed by atoms with E-state index in [0.29, 0.717) is 11.7 Å². The first kappa shape index (κ1) is 15.6. The zero-order valence-electron chi connectivity index (χ0n) is 12.3. The fourth-order valence-electron chi connectivity index (χ4n) is 2.74. The van der Waals surface area contributed by atoms with Gasteiger partial charge in [0, 0.05) is 30.3 Å². The second-order valence-electron chi connectivity index (χ2n) is 5.38. The largest absolute Gasteiger partial charge is 0.301 e. The maximum atomic E-state index is 12.4. The summed E-state index contributed by atoms with van der Waals surface area (Å²) in [6.45, 7) is 1.45. The Balaban J connectivity index is 1.64. The number of hydrogen-bond donors (Lipinski definition) is 1. The number of hydrogen-bond acceptors (Lipinski definition) is 6. The number of nitrogens with zero attached hydrogens (tertiary/aromatic N) is 3. The van der Waals surface area contributed by atoms with Crippen LogP contribution in [0.3, 0.4) is 0 Å². The van der Waals surface area contributed by atoms with E-state index in [-0.39, 0.29) is 17.6 Å². The third-order valence-corrected chi connectivity index (χ3v) is 4.55. The monoisotopic (exact) mass is 332 g/mol. The maximum Gasteiger partial charge on any atom is 0.269 e. The molecule has 0 aliphatic carbocycles. The molecular formula is C15H16N4O3S. The average Bonchev–Trinajstić information content (AvgIpc) is 3.19. The van der Waals surface area contributed by atoms with Gasteiger partial charge in [-0.25, -0.2) is 4.98 Å². The number of carbonyl (C=O) groups excluding carboxylic acids is 1. The number of nitro groups is 1. The number of aromatic nitrogens is 1. The summed E-state index contributed by atoms with van der Waals surface area (Å²) in [6, 6.07) is 6.29. The lowest BCUT2D eigenvalue weighted by molar-refractivity contribution is -0.384. The number of amides is 1. The molecule has 7 nitrogen and oxygen atoms in total. The van der Waals surface area contributed by atoms with E-state index in [0.717, 1.165) is 24.9 Å². The van der Waals surface area contributed by atoms with Crippen molar-refractivity contribution in [3.8, 4) is 0 Å². The summed E-state index contributed by atoms with van der Waals surface area (Å²) >= 11 is 1.39. The first-order chi connectivity index (χ1) is 11.1. The van der Waals surface area contributed by atoms with Crippen LogP contribution in [0.2, 0.25) is 0 Å². The first-order valence-corrected chi connectivity index (χ1v) is 8.19. The van der Waals surface area contributed by atoms with Crippen molar-refractivity contribution in [3.63, 3.8) is 0 Å². The molecule has 1 unspecified atom stereocenters. The molecule has 0 saturated carbocycles. The minimum atomic E-state index is -0.413. The zero-order chi connectivity index (χ0) is 16.2. The SMILES string of the molecule is O=C(Nc1nccs1)C1CCCN1Cc1ccc([N+](=O)[O-])cc1. The standard InChI is InChI=1S/C15H16N4O3S/c20-14(17-15-16-7-9-23-15)13-2-1-8-18(13)10-11-3-5-12(6-4-11)19(21)22/h3-7,9,13H,1-2,8,10H2,(H,16,17,20). The van der Waals surface area contributed by atoms with E-state index < -0.39 is 4.92 Å². The van der Waals surface area contributed by atoms with Crippen molar-refractivity contribution in [3.05, 3.63) is 51.5 Å². The molecule has 1 saturated heterocycles. The highest BCUT2D eigenvalue weighted by molar-refractivity contribution is 7.13. The Kier molecular flexibility index (Phi) is 4.63. The molecular weight excluding hydrogens is 316 g/mol. The lowest BCUT2D eigenvalue weighted by Gasteiger charge is -2.23. The van der Waals surface area contributed by atoms with E-state index in [9.17, 15) is 14.9 Å². The molecule has 0 spiro atoms. The molecule has 1 N–H and O–H groups in total. The molecule has 8 heteroatoms. The Bertz CT molecular complexity index is 687. The number of non-ortho nitro benzene ring substituents is 1. The molecule has 0 bridgehead atoms. The van der Waals surface area contributed by atoms with Crippen molar-refractivity contribution in [2.75, 3.05) is 11.9 Å². The number of thiazole rings is 1. The molecule has 2 heterocycles. The summed E-state index contributed by atoms with van der Waals surface area (Å²) in [7, 11) is 0. The Hall–Kier alpha value is -2.32. The molecule has 3 rings (SSSR count). The van der Waals surface area contributed by atoms with Crippen LogP contribution in [0.4, 0.5) is 10.8 Å². The average molecular weight is 332 g/mol. The highest BCUT2D eigenvalue weighted by Crippen LogP contribution is 2.23. The molecule has 2 aromatic rings. The second kappa shape index (κ2) is 6.84. The van der Waals surface area contributed by atoms with Gasteiger partial charge in [-0.1, -0.05) is 12.1 Å². The number of benzene rings is 1. The van der Waals surface area contributed by atoms with Crippen LogP contribution in [0, 0.1) is 10.1 Å². The number of nitrogens with one attached hydrogen (secondary N) is 1. The highest BCUT2D eigenvalue weighted by Gasteiger charge is 2.31. The van der Waals surface area contributed by atoms with Gasteiger partial charge in [-0.15, -0.1) is 11.3 Å².